The average Bonchev–Trinajstić information content (AvgIpc) is 3.49. The van der Waals surface area contributed by atoms with E-state index in [1.54, 1.807) is 53.7 Å². The second-order valence-corrected chi connectivity index (χ2v) is 14.2. The molecule has 0 atom stereocenters. The smallest absolute Gasteiger partial charge is 0.342 e. The molecule has 0 unspecified atom stereocenters. The zero-order valence-electron chi connectivity index (χ0n) is 33.3. The maximum absolute atomic E-state index is 13.1. The fourth-order valence-electron chi connectivity index (χ4n) is 6.40. The number of phenols is 1. The van der Waals surface area contributed by atoms with Crippen molar-refractivity contribution < 1.29 is 71.8 Å². The van der Waals surface area contributed by atoms with E-state index >= 15 is 0 Å². The molecule has 0 radical (unpaired) electrons. The number of aryl methyl sites for hydroxylation is 2. The number of hydrogen-bond acceptors (Lipinski definition) is 15. The summed E-state index contributed by atoms with van der Waals surface area (Å²) >= 11 is 0. The van der Waals surface area contributed by atoms with Gasteiger partial charge >= 0.3 is 41.8 Å². The largest absolute Gasteiger partial charge is 0.507 e. The van der Waals surface area contributed by atoms with Gasteiger partial charge in [0.05, 0.1) is 26.4 Å². The van der Waals surface area contributed by atoms with Gasteiger partial charge in [-0.15, -0.1) is 0 Å². The molecule has 0 aromatic heterocycles. The summed E-state index contributed by atoms with van der Waals surface area (Å²) in [4.78, 5) is 85.8. The van der Waals surface area contributed by atoms with Crippen LogP contribution in [0, 0.1) is 20.8 Å². The van der Waals surface area contributed by atoms with Crippen molar-refractivity contribution in [3.8, 4) is 17.2 Å². The van der Waals surface area contributed by atoms with E-state index in [2.05, 4.69) is 0 Å². The molecule has 2 aromatic carbocycles. The maximum atomic E-state index is 13.1. The monoisotopic (exact) mass is 782 g/mol. The minimum absolute atomic E-state index is 0.0577. The number of ether oxygens (including phenoxy) is 7. The van der Waals surface area contributed by atoms with Crippen LogP contribution in [0.25, 0.3) is 0 Å². The summed E-state index contributed by atoms with van der Waals surface area (Å²) in [6.45, 7) is 12.4. The SMILES string of the molecule is COc1c(C)c2c(c(O)c1C/C=C(\C)CCC(=O)OC(=O)CC(C)(C)c1c(C)cc(C)cc1OC(=O)CCC(=O)OC(COC(C)=O)COC(C)=O)C(=O)OC2. The van der Waals surface area contributed by atoms with E-state index in [1.165, 1.54) is 21.0 Å². The first-order valence-corrected chi connectivity index (χ1v) is 18.0. The molecule has 1 aliphatic rings. The van der Waals surface area contributed by atoms with E-state index < -0.39 is 53.3 Å². The predicted molar refractivity (Wildman–Crippen MR) is 198 cm³/mol. The molecule has 0 saturated carbocycles. The van der Waals surface area contributed by atoms with Gasteiger partial charge in [0.1, 0.15) is 42.6 Å². The van der Waals surface area contributed by atoms with E-state index in [4.69, 9.17) is 33.2 Å². The van der Waals surface area contributed by atoms with Gasteiger partial charge < -0.3 is 38.3 Å². The van der Waals surface area contributed by atoms with Crippen LogP contribution in [-0.2, 0) is 70.9 Å². The van der Waals surface area contributed by atoms with Crippen LogP contribution in [-0.4, -0.2) is 73.3 Å². The Morgan fingerprint density at radius 1 is 0.875 bits per heavy atom. The fourth-order valence-corrected chi connectivity index (χ4v) is 6.40. The lowest BCUT2D eigenvalue weighted by molar-refractivity contribution is -0.165. The zero-order valence-corrected chi connectivity index (χ0v) is 33.3. The van der Waals surface area contributed by atoms with Gasteiger partial charge in [0.25, 0.3) is 0 Å². The van der Waals surface area contributed by atoms with Gasteiger partial charge in [-0.3, -0.25) is 28.8 Å². The molecule has 1 aliphatic heterocycles. The molecule has 0 bridgehead atoms. The zero-order chi connectivity index (χ0) is 41.9. The molecule has 2 aromatic rings. The van der Waals surface area contributed by atoms with Crippen molar-refractivity contribution in [2.45, 2.75) is 112 Å². The third-order valence-electron chi connectivity index (χ3n) is 8.96. The van der Waals surface area contributed by atoms with Crippen molar-refractivity contribution in [1.29, 1.82) is 0 Å². The van der Waals surface area contributed by atoms with Crippen LogP contribution in [0.3, 0.4) is 0 Å². The molecule has 56 heavy (non-hydrogen) atoms. The van der Waals surface area contributed by atoms with Crippen LogP contribution in [0.15, 0.2) is 23.8 Å². The predicted octanol–water partition coefficient (Wildman–Crippen LogP) is 5.43. The lowest BCUT2D eigenvalue weighted by atomic mass is 9.78. The molecular formula is C41H50O15. The van der Waals surface area contributed by atoms with E-state index in [9.17, 15) is 38.7 Å². The van der Waals surface area contributed by atoms with Gasteiger partial charge in [0.15, 0.2) is 6.10 Å². The second-order valence-electron chi connectivity index (χ2n) is 14.2. The Morgan fingerprint density at radius 2 is 1.48 bits per heavy atom. The highest BCUT2D eigenvalue weighted by atomic mass is 16.6. The average molecular weight is 783 g/mol. The van der Waals surface area contributed by atoms with Crippen LogP contribution in [0.1, 0.15) is 110 Å². The third kappa shape index (κ3) is 12.4. The van der Waals surface area contributed by atoms with E-state index in [0.717, 1.165) is 11.1 Å². The molecule has 1 N–H and O–H groups in total. The van der Waals surface area contributed by atoms with Crippen LogP contribution < -0.4 is 9.47 Å². The number of benzene rings is 2. The molecule has 15 heteroatoms. The first-order valence-electron chi connectivity index (χ1n) is 18.0. The van der Waals surface area contributed by atoms with E-state index in [1.807, 2.05) is 6.07 Å². The molecule has 0 fully saturated rings. The number of carbonyl (C=O) groups is 7. The lowest BCUT2D eigenvalue weighted by Crippen LogP contribution is -2.30. The first kappa shape index (κ1) is 44.7. The summed E-state index contributed by atoms with van der Waals surface area (Å²) < 4.78 is 36.4. The summed E-state index contributed by atoms with van der Waals surface area (Å²) in [7, 11) is 1.47. The summed E-state index contributed by atoms with van der Waals surface area (Å²) in [6, 6.07) is 3.49. The van der Waals surface area contributed by atoms with Gasteiger partial charge in [-0.05, 0) is 63.3 Å². The van der Waals surface area contributed by atoms with Crippen molar-refractivity contribution in [2.24, 2.45) is 0 Å². The standard InChI is InChI=1S/C41H50O15/c1-22(10-12-29-38(48)36-30(21-53-40(36)49)25(4)39(29)50-9)11-13-34(46)56-35(47)18-41(7,8)37-24(3)16-23(2)17-31(37)55-33(45)15-14-32(44)54-28(19-51-26(5)42)20-52-27(6)43/h10,16-17,28,48H,11-15,18-21H2,1-9H3/b22-10+. The summed E-state index contributed by atoms with van der Waals surface area (Å²) in [5.41, 5.74) is 3.64. The van der Waals surface area contributed by atoms with Gasteiger partial charge in [-0.2, -0.15) is 0 Å². The molecule has 15 nitrogen and oxygen atoms in total. The number of aromatic hydroxyl groups is 1. The normalized spacial score (nSPS) is 12.4. The van der Waals surface area contributed by atoms with Crippen LogP contribution in [0.5, 0.6) is 17.2 Å². The van der Waals surface area contributed by atoms with Gasteiger partial charge in [-0.1, -0.05) is 31.6 Å². The highest BCUT2D eigenvalue weighted by molar-refractivity contribution is 5.98. The maximum Gasteiger partial charge on any atom is 0.342 e. The third-order valence-corrected chi connectivity index (χ3v) is 8.96. The molecule has 0 saturated heterocycles. The topological polar surface area (TPSA) is 204 Å². The Labute approximate surface area is 325 Å². The van der Waals surface area contributed by atoms with Crippen molar-refractivity contribution in [3.05, 3.63) is 62.7 Å². The fraction of sp³-hybridized carbons (Fsp3) is 0.488. The highest BCUT2D eigenvalue weighted by Crippen LogP contribution is 2.42. The Morgan fingerprint density at radius 3 is 2.09 bits per heavy atom. The van der Waals surface area contributed by atoms with E-state index in [-0.39, 0.29) is 75.4 Å². The van der Waals surface area contributed by atoms with Crippen molar-refractivity contribution in [2.75, 3.05) is 20.3 Å². The number of fused-ring (bicyclic) bond motifs is 1. The van der Waals surface area contributed by atoms with Crippen LogP contribution in [0.2, 0.25) is 0 Å². The summed E-state index contributed by atoms with van der Waals surface area (Å²) in [5, 5.41) is 10.9. The number of rotatable bonds is 18. The number of hydrogen-bond donors (Lipinski definition) is 1. The van der Waals surface area contributed by atoms with Gasteiger partial charge in [-0.25, -0.2) is 4.79 Å². The summed E-state index contributed by atoms with van der Waals surface area (Å²) in [6.07, 6.45) is 0.0997. The van der Waals surface area contributed by atoms with Crippen LogP contribution >= 0.6 is 0 Å². The second kappa shape index (κ2) is 19.7. The van der Waals surface area contributed by atoms with Crippen molar-refractivity contribution in [3.63, 3.8) is 0 Å². The molecule has 0 amide bonds. The number of cyclic esters (lactones) is 1. The highest BCUT2D eigenvalue weighted by Gasteiger charge is 2.33. The molecule has 304 valence electrons. The van der Waals surface area contributed by atoms with Gasteiger partial charge in [0, 0.05) is 42.4 Å². The van der Waals surface area contributed by atoms with Crippen LogP contribution in [0.4, 0.5) is 0 Å². The minimum Gasteiger partial charge on any atom is -0.507 e. The molecular weight excluding hydrogens is 732 g/mol. The first-order chi connectivity index (χ1) is 26.2. The Hall–Kier alpha value is -5.73. The Bertz CT molecular complexity index is 1880. The van der Waals surface area contributed by atoms with Gasteiger partial charge in [0.2, 0.25) is 0 Å². The molecule has 3 rings (SSSR count). The Balaban J connectivity index is 1.60. The number of esters is 7. The van der Waals surface area contributed by atoms with Crippen molar-refractivity contribution >= 4 is 41.8 Å². The number of allylic oxidation sites excluding steroid dienone is 2. The number of carbonyl (C=O) groups excluding carboxylic acids is 7. The Kier molecular flexibility index (Phi) is 15.7. The van der Waals surface area contributed by atoms with E-state index in [0.29, 0.717) is 33.6 Å². The number of methoxy groups -OCH3 is 1. The quantitative estimate of drug-likeness (QED) is 0.0659. The molecule has 0 aliphatic carbocycles. The molecule has 0 spiro atoms. The summed E-state index contributed by atoms with van der Waals surface area (Å²) in [5.74, 6) is -4.53. The number of phenolic OH excluding ortho intramolecular Hbond substituents is 1. The molecule has 1 heterocycles. The lowest BCUT2D eigenvalue weighted by Gasteiger charge is -2.28. The van der Waals surface area contributed by atoms with Crippen molar-refractivity contribution in [1.82, 2.24) is 0 Å². The minimum atomic E-state index is -1.07.